The quantitative estimate of drug-likeness (QED) is 0.762. The predicted octanol–water partition coefficient (Wildman–Crippen LogP) is 2.30. The molecule has 0 aliphatic carbocycles. The van der Waals surface area contributed by atoms with E-state index in [-0.39, 0.29) is 24.4 Å². The largest absolute Gasteiger partial charge is 0.492 e. The highest BCUT2D eigenvalue weighted by Crippen LogP contribution is 2.14. The molecule has 0 saturated heterocycles. The second-order valence-corrected chi connectivity index (χ2v) is 5.09. The van der Waals surface area contributed by atoms with Crippen molar-refractivity contribution in [2.45, 2.75) is 13.0 Å². The van der Waals surface area contributed by atoms with Crippen LogP contribution in [0.15, 0.2) is 36.4 Å². The Morgan fingerprint density at radius 1 is 1.04 bits per heavy atom. The number of hydrogen-bond donors (Lipinski definition) is 2. The minimum atomic E-state index is -1.26. The van der Waals surface area contributed by atoms with Gasteiger partial charge in [0.15, 0.2) is 11.6 Å². The third-order valence-electron chi connectivity index (χ3n) is 3.24. The molecule has 0 heterocycles. The highest BCUT2D eigenvalue weighted by atomic mass is 19.2. The van der Waals surface area contributed by atoms with Gasteiger partial charge in [0.1, 0.15) is 18.2 Å². The molecule has 128 valence electrons. The summed E-state index contributed by atoms with van der Waals surface area (Å²) < 4.78 is 44.7. The van der Waals surface area contributed by atoms with Gasteiger partial charge in [-0.05, 0) is 23.8 Å². The number of halogens is 3. The molecule has 2 aromatic rings. The molecule has 0 unspecified atom stereocenters. The first kappa shape index (κ1) is 17.8. The van der Waals surface area contributed by atoms with Crippen molar-refractivity contribution in [3.8, 4) is 5.75 Å². The highest BCUT2D eigenvalue weighted by molar-refractivity contribution is 5.78. The van der Waals surface area contributed by atoms with Crippen LogP contribution >= 0.6 is 0 Å². The summed E-state index contributed by atoms with van der Waals surface area (Å²) in [4.78, 5) is 11.9. The molecule has 2 rings (SSSR count). The van der Waals surface area contributed by atoms with E-state index in [2.05, 4.69) is 5.32 Å². The van der Waals surface area contributed by atoms with Crippen LogP contribution in [0.3, 0.4) is 0 Å². The Bertz CT molecular complexity index is 706. The molecule has 0 bridgehead atoms. The van der Waals surface area contributed by atoms with Crippen LogP contribution in [0.2, 0.25) is 0 Å². The Labute approximate surface area is 137 Å². The minimum absolute atomic E-state index is 0.0719. The average Bonchev–Trinajstić information content (AvgIpc) is 2.56. The summed E-state index contributed by atoms with van der Waals surface area (Å²) in [5.41, 5.74) is 5.95. The van der Waals surface area contributed by atoms with Gasteiger partial charge in [0.25, 0.3) is 0 Å². The zero-order valence-electron chi connectivity index (χ0n) is 12.8. The second-order valence-electron chi connectivity index (χ2n) is 5.09. The van der Waals surface area contributed by atoms with Gasteiger partial charge in [0, 0.05) is 24.7 Å². The standard InChI is InChI=1S/C17H17F3N2O2/c18-14-9-16(20)15(19)8-12(14)10-22-17(23)7-11-1-3-13(4-2-11)24-6-5-21/h1-4,8-9H,5-7,10,21H2,(H,22,23). The molecule has 3 N–H and O–H groups in total. The molecule has 2 aromatic carbocycles. The maximum absolute atomic E-state index is 13.5. The van der Waals surface area contributed by atoms with E-state index in [4.69, 9.17) is 10.5 Å². The normalized spacial score (nSPS) is 10.5. The minimum Gasteiger partial charge on any atom is -0.492 e. The van der Waals surface area contributed by atoms with Gasteiger partial charge in [-0.1, -0.05) is 12.1 Å². The van der Waals surface area contributed by atoms with Gasteiger partial charge in [0.2, 0.25) is 5.91 Å². The van der Waals surface area contributed by atoms with Crippen molar-refractivity contribution in [3.05, 3.63) is 65.0 Å². The summed E-state index contributed by atoms with van der Waals surface area (Å²) in [6.07, 6.45) is 0.0719. The number of ether oxygens (including phenoxy) is 1. The van der Waals surface area contributed by atoms with Gasteiger partial charge in [-0.3, -0.25) is 4.79 Å². The van der Waals surface area contributed by atoms with E-state index < -0.39 is 17.5 Å². The molecule has 0 aliphatic rings. The molecule has 0 spiro atoms. The maximum Gasteiger partial charge on any atom is 0.224 e. The summed E-state index contributed by atoms with van der Waals surface area (Å²) in [6.45, 7) is 0.587. The fourth-order valence-electron chi connectivity index (χ4n) is 2.02. The van der Waals surface area contributed by atoms with Gasteiger partial charge >= 0.3 is 0 Å². The van der Waals surface area contributed by atoms with Crippen molar-refractivity contribution in [2.75, 3.05) is 13.2 Å². The van der Waals surface area contributed by atoms with Crippen LogP contribution in [0.25, 0.3) is 0 Å². The average molecular weight is 338 g/mol. The number of carbonyl (C=O) groups excluding carboxylic acids is 1. The van der Waals surface area contributed by atoms with E-state index in [1.54, 1.807) is 24.3 Å². The fraction of sp³-hybridized carbons (Fsp3) is 0.235. The summed E-state index contributed by atoms with van der Waals surface area (Å²) in [6, 6.07) is 8.07. The van der Waals surface area contributed by atoms with Crippen LogP contribution < -0.4 is 15.8 Å². The molecule has 0 atom stereocenters. The SMILES string of the molecule is NCCOc1ccc(CC(=O)NCc2cc(F)c(F)cc2F)cc1. The Hall–Kier alpha value is -2.54. The van der Waals surface area contributed by atoms with E-state index in [0.717, 1.165) is 11.6 Å². The summed E-state index contributed by atoms with van der Waals surface area (Å²) in [5, 5.41) is 2.47. The zero-order valence-corrected chi connectivity index (χ0v) is 12.8. The first-order valence-electron chi connectivity index (χ1n) is 7.31. The molecule has 0 aromatic heterocycles. The summed E-state index contributed by atoms with van der Waals surface area (Å²) >= 11 is 0. The summed E-state index contributed by atoms with van der Waals surface area (Å²) in [7, 11) is 0. The van der Waals surface area contributed by atoms with Gasteiger partial charge < -0.3 is 15.8 Å². The van der Waals surface area contributed by atoms with Crippen LogP contribution in [0.1, 0.15) is 11.1 Å². The predicted molar refractivity (Wildman–Crippen MR) is 82.9 cm³/mol. The number of nitrogens with two attached hydrogens (primary N) is 1. The zero-order chi connectivity index (χ0) is 17.5. The molecule has 24 heavy (non-hydrogen) atoms. The molecule has 4 nitrogen and oxygen atoms in total. The first-order valence-corrected chi connectivity index (χ1v) is 7.31. The monoisotopic (exact) mass is 338 g/mol. The lowest BCUT2D eigenvalue weighted by Crippen LogP contribution is -2.25. The van der Waals surface area contributed by atoms with Crippen molar-refractivity contribution < 1.29 is 22.7 Å². The number of carbonyl (C=O) groups is 1. The van der Waals surface area contributed by atoms with Crippen LogP contribution in [0, 0.1) is 17.5 Å². The van der Waals surface area contributed by atoms with E-state index in [0.29, 0.717) is 25.0 Å². The van der Waals surface area contributed by atoms with E-state index in [1.165, 1.54) is 0 Å². The summed E-state index contributed by atoms with van der Waals surface area (Å²) in [5.74, 6) is -3.05. The molecule has 7 heteroatoms. The van der Waals surface area contributed by atoms with E-state index in [1.807, 2.05) is 0 Å². The molecule has 0 aliphatic heterocycles. The molecule has 1 amide bonds. The molecule has 0 fully saturated rings. The van der Waals surface area contributed by atoms with E-state index >= 15 is 0 Å². The van der Waals surface area contributed by atoms with Crippen molar-refractivity contribution in [2.24, 2.45) is 5.73 Å². The third kappa shape index (κ3) is 4.99. The number of amides is 1. The molecule has 0 saturated carbocycles. The smallest absolute Gasteiger partial charge is 0.224 e. The Morgan fingerprint density at radius 3 is 2.38 bits per heavy atom. The van der Waals surface area contributed by atoms with Gasteiger partial charge in [0.05, 0.1) is 6.42 Å². The van der Waals surface area contributed by atoms with Crippen LogP contribution in [0.4, 0.5) is 13.2 Å². The molecule has 0 radical (unpaired) electrons. The topological polar surface area (TPSA) is 64.3 Å². The van der Waals surface area contributed by atoms with Gasteiger partial charge in [-0.2, -0.15) is 0 Å². The van der Waals surface area contributed by atoms with Crippen LogP contribution in [0.5, 0.6) is 5.75 Å². The number of nitrogens with one attached hydrogen (secondary N) is 1. The van der Waals surface area contributed by atoms with E-state index in [9.17, 15) is 18.0 Å². The second kappa shape index (κ2) is 8.35. The fourth-order valence-corrected chi connectivity index (χ4v) is 2.02. The maximum atomic E-state index is 13.5. The Kier molecular flexibility index (Phi) is 6.20. The lowest BCUT2D eigenvalue weighted by molar-refractivity contribution is -0.120. The van der Waals surface area contributed by atoms with Crippen molar-refractivity contribution in [3.63, 3.8) is 0 Å². The van der Waals surface area contributed by atoms with Gasteiger partial charge in [-0.15, -0.1) is 0 Å². The lowest BCUT2D eigenvalue weighted by atomic mass is 10.1. The van der Waals surface area contributed by atoms with Crippen molar-refractivity contribution in [1.82, 2.24) is 5.32 Å². The van der Waals surface area contributed by atoms with Crippen molar-refractivity contribution >= 4 is 5.91 Å². The number of rotatable bonds is 7. The Balaban J connectivity index is 1.88. The molecular formula is C17H17F3N2O2. The Morgan fingerprint density at radius 2 is 1.71 bits per heavy atom. The third-order valence-corrected chi connectivity index (χ3v) is 3.24. The van der Waals surface area contributed by atoms with Crippen LogP contribution in [-0.2, 0) is 17.8 Å². The molecular weight excluding hydrogens is 321 g/mol. The number of benzene rings is 2. The van der Waals surface area contributed by atoms with Crippen LogP contribution in [-0.4, -0.2) is 19.1 Å². The highest BCUT2D eigenvalue weighted by Gasteiger charge is 2.11. The van der Waals surface area contributed by atoms with Gasteiger partial charge in [-0.25, -0.2) is 13.2 Å². The lowest BCUT2D eigenvalue weighted by Gasteiger charge is -2.08. The first-order chi connectivity index (χ1) is 11.5. The number of hydrogen-bond acceptors (Lipinski definition) is 3. The van der Waals surface area contributed by atoms with Crippen molar-refractivity contribution in [1.29, 1.82) is 0 Å².